The largest absolute Gasteiger partial charge is 0.229 e. The summed E-state index contributed by atoms with van der Waals surface area (Å²) >= 11 is 16.7. The number of hydrogen-bond acceptors (Lipinski definition) is 3. The molecular formula is C10H9BrCl2O2S2. The Balaban J connectivity index is 2.14. The highest BCUT2D eigenvalue weighted by molar-refractivity contribution is 9.09. The summed E-state index contributed by atoms with van der Waals surface area (Å²) in [6.45, 7) is 0. The fraction of sp³-hybridized carbons (Fsp3) is 0.400. The summed E-state index contributed by atoms with van der Waals surface area (Å²) in [6, 6.07) is 5.33. The Morgan fingerprint density at radius 2 is 1.94 bits per heavy atom. The number of hydrogen-bond donors (Lipinski definition) is 0. The van der Waals surface area contributed by atoms with Gasteiger partial charge < -0.3 is 0 Å². The van der Waals surface area contributed by atoms with Crippen molar-refractivity contribution in [2.75, 3.05) is 11.5 Å². The maximum atomic E-state index is 11.5. The Morgan fingerprint density at radius 3 is 2.47 bits per heavy atom. The molecule has 2 nitrogen and oxygen atoms in total. The predicted octanol–water partition coefficient (Wildman–Crippen LogP) is 3.65. The number of halogens is 3. The second kappa shape index (κ2) is 5.29. The smallest absolute Gasteiger partial charge is 0.152 e. The van der Waals surface area contributed by atoms with Gasteiger partial charge in [0.1, 0.15) is 0 Å². The van der Waals surface area contributed by atoms with Gasteiger partial charge in [-0.2, -0.15) is 0 Å². The lowest BCUT2D eigenvalue weighted by Gasteiger charge is -2.12. The van der Waals surface area contributed by atoms with E-state index >= 15 is 0 Å². The Hall–Kier alpha value is 0.580. The molecule has 1 aromatic rings. The second-order valence-electron chi connectivity index (χ2n) is 3.83. The zero-order valence-electron chi connectivity index (χ0n) is 8.57. The van der Waals surface area contributed by atoms with Crippen molar-refractivity contribution in [1.82, 2.24) is 0 Å². The van der Waals surface area contributed by atoms with Crippen LogP contribution in [-0.2, 0) is 9.84 Å². The van der Waals surface area contributed by atoms with E-state index in [1.807, 2.05) is 6.07 Å². The first-order valence-corrected chi connectivity index (χ1v) is 9.21. The summed E-state index contributed by atoms with van der Waals surface area (Å²) in [5, 5.41) is 1.02. The molecule has 0 saturated carbocycles. The zero-order chi connectivity index (χ0) is 12.6. The molecule has 94 valence electrons. The number of alkyl halides is 1. The highest BCUT2D eigenvalue weighted by Crippen LogP contribution is 2.36. The molecule has 1 aliphatic heterocycles. The molecular weight excluding hydrogens is 367 g/mol. The quantitative estimate of drug-likeness (QED) is 0.740. The van der Waals surface area contributed by atoms with E-state index in [9.17, 15) is 8.42 Å². The van der Waals surface area contributed by atoms with Crippen LogP contribution >= 0.6 is 50.9 Å². The highest BCUT2D eigenvalue weighted by Gasteiger charge is 2.36. The average Bonchev–Trinajstić information content (AvgIpc) is 2.46. The topological polar surface area (TPSA) is 34.1 Å². The normalized spacial score (nSPS) is 27.2. The van der Waals surface area contributed by atoms with Crippen molar-refractivity contribution in [3.63, 3.8) is 0 Å². The van der Waals surface area contributed by atoms with E-state index < -0.39 is 9.84 Å². The maximum absolute atomic E-state index is 11.5. The number of benzene rings is 1. The molecule has 2 atom stereocenters. The first-order chi connectivity index (χ1) is 7.87. The summed E-state index contributed by atoms with van der Waals surface area (Å²) < 4.78 is 22.9. The van der Waals surface area contributed by atoms with Crippen molar-refractivity contribution in [2.45, 2.75) is 15.0 Å². The molecule has 0 aromatic heterocycles. The molecule has 2 rings (SSSR count). The van der Waals surface area contributed by atoms with Gasteiger partial charge in [0.15, 0.2) is 9.84 Å². The molecule has 0 radical (unpaired) electrons. The standard InChI is InChI=1S/C10H9BrCl2O2S2/c11-7-4-17(14,15)5-10(7)16-6-1-2-8(12)9(13)3-6/h1-3,7,10H,4-5H2/t7-,10-/m0/s1. The van der Waals surface area contributed by atoms with Gasteiger partial charge in [-0.3, -0.25) is 0 Å². The van der Waals surface area contributed by atoms with Gasteiger partial charge in [-0.05, 0) is 18.2 Å². The van der Waals surface area contributed by atoms with Crippen LogP contribution in [0.5, 0.6) is 0 Å². The van der Waals surface area contributed by atoms with E-state index in [1.54, 1.807) is 12.1 Å². The molecule has 0 N–H and O–H groups in total. The Labute approximate surface area is 123 Å². The minimum atomic E-state index is -2.91. The zero-order valence-corrected chi connectivity index (χ0v) is 13.3. The van der Waals surface area contributed by atoms with Gasteiger partial charge in [0.05, 0.1) is 21.6 Å². The molecule has 0 amide bonds. The minimum Gasteiger partial charge on any atom is -0.229 e. The lowest BCUT2D eigenvalue weighted by molar-refractivity contribution is 0.602. The molecule has 1 saturated heterocycles. The van der Waals surface area contributed by atoms with E-state index in [-0.39, 0.29) is 21.6 Å². The first-order valence-electron chi connectivity index (χ1n) is 4.83. The Morgan fingerprint density at radius 1 is 1.24 bits per heavy atom. The van der Waals surface area contributed by atoms with Crippen molar-refractivity contribution in [3.05, 3.63) is 28.2 Å². The van der Waals surface area contributed by atoms with Gasteiger partial charge in [-0.15, -0.1) is 11.8 Å². The third-order valence-corrected chi connectivity index (χ3v) is 8.16. The van der Waals surface area contributed by atoms with Crippen LogP contribution in [0.2, 0.25) is 10.0 Å². The van der Waals surface area contributed by atoms with Gasteiger partial charge in [0.2, 0.25) is 0 Å². The Kier molecular flexibility index (Phi) is 4.36. The number of sulfone groups is 1. The number of thioether (sulfide) groups is 1. The summed E-state index contributed by atoms with van der Waals surface area (Å²) in [5.41, 5.74) is 0. The van der Waals surface area contributed by atoms with E-state index in [0.29, 0.717) is 10.0 Å². The molecule has 7 heteroatoms. The van der Waals surface area contributed by atoms with Crippen molar-refractivity contribution in [1.29, 1.82) is 0 Å². The fourth-order valence-electron chi connectivity index (χ4n) is 1.61. The van der Waals surface area contributed by atoms with E-state index in [0.717, 1.165) is 4.90 Å². The predicted molar refractivity (Wildman–Crippen MR) is 77.5 cm³/mol. The molecule has 1 heterocycles. The van der Waals surface area contributed by atoms with Crippen LogP contribution in [0.3, 0.4) is 0 Å². The van der Waals surface area contributed by atoms with Crippen LogP contribution in [0.15, 0.2) is 23.1 Å². The summed E-state index contributed by atoms with van der Waals surface area (Å²) in [7, 11) is -2.91. The monoisotopic (exact) mass is 374 g/mol. The van der Waals surface area contributed by atoms with Crippen molar-refractivity contribution in [2.24, 2.45) is 0 Å². The van der Waals surface area contributed by atoms with Crippen LogP contribution in [0.25, 0.3) is 0 Å². The molecule has 0 bridgehead atoms. The van der Waals surface area contributed by atoms with Crippen molar-refractivity contribution < 1.29 is 8.42 Å². The summed E-state index contributed by atoms with van der Waals surface area (Å²) in [5.74, 6) is 0.403. The maximum Gasteiger partial charge on any atom is 0.152 e. The van der Waals surface area contributed by atoms with Gasteiger partial charge >= 0.3 is 0 Å². The van der Waals surface area contributed by atoms with Gasteiger partial charge in [0.25, 0.3) is 0 Å². The number of rotatable bonds is 2. The van der Waals surface area contributed by atoms with E-state index in [4.69, 9.17) is 23.2 Å². The van der Waals surface area contributed by atoms with Crippen molar-refractivity contribution in [3.8, 4) is 0 Å². The third kappa shape index (κ3) is 3.53. The molecule has 0 aliphatic carbocycles. The molecule has 1 fully saturated rings. The van der Waals surface area contributed by atoms with Crippen LogP contribution in [0.1, 0.15) is 0 Å². The van der Waals surface area contributed by atoms with Gasteiger partial charge in [-0.1, -0.05) is 39.1 Å². The highest BCUT2D eigenvalue weighted by atomic mass is 79.9. The van der Waals surface area contributed by atoms with Crippen LogP contribution < -0.4 is 0 Å². The molecule has 1 aliphatic rings. The summed E-state index contributed by atoms with van der Waals surface area (Å²) in [4.78, 5) is 0.929. The second-order valence-corrected chi connectivity index (χ2v) is 9.28. The first kappa shape index (κ1) is 14.0. The van der Waals surface area contributed by atoms with E-state index in [2.05, 4.69) is 15.9 Å². The average molecular weight is 376 g/mol. The lowest BCUT2D eigenvalue weighted by atomic mass is 10.4. The van der Waals surface area contributed by atoms with Gasteiger partial charge in [0, 0.05) is 15.0 Å². The minimum absolute atomic E-state index is 0.00745. The van der Waals surface area contributed by atoms with Crippen molar-refractivity contribution >= 4 is 60.7 Å². The summed E-state index contributed by atoms with van der Waals surface area (Å²) in [6.07, 6.45) is 0. The molecule has 0 spiro atoms. The third-order valence-electron chi connectivity index (χ3n) is 2.41. The fourth-order valence-corrected chi connectivity index (χ4v) is 7.46. The molecule has 1 aromatic carbocycles. The van der Waals surface area contributed by atoms with Crippen LogP contribution in [-0.4, -0.2) is 30.0 Å². The van der Waals surface area contributed by atoms with E-state index in [1.165, 1.54) is 11.8 Å². The molecule has 17 heavy (non-hydrogen) atoms. The SMILES string of the molecule is O=S1(=O)C[C@H](Sc2ccc(Cl)c(Cl)c2)[C@@H](Br)C1. The lowest BCUT2D eigenvalue weighted by Crippen LogP contribution is -2.13. The van der Waals surface area contributed by atoms with Crippen LogP contribution in [0.4, 0.5) is 0 Å². The Bertz CT molecular complexity index is 533. The van der Waals surface area contributed by atoms with Crippen LogP contribution in [0, 0.1) is 0 Å². The van der Waals surface area contributed by atoms with Gasteiger partial charge in [-0.25, -0.2) is 8.42 Å². The molecule has 0 unspecified atom stereocenters.